The van der Waals surface area contributed by atoms with E-state index in [0.29, 0.717) is 12.6 Å². The molecule has 0 aliphatic heterocycles. The standard InChI is InChI=1S/C17H21NO3/c1-12-9-14(21-17(12)10-18-13-7-8-13)11-20-16-6-4-3-5-15(16)19-2/h3-6,9,13,18H,7-8,10-11H2,1-2H3. The molecule has 1 fully saturated rings. The predicted octanol–water partition coefficient (Wildman–Crippen LogP) is 3.43. The molecule has 1 heterocycles. The summed E-state index contributed by atoms with van der Waals surface area (Å²) < 4.78 is 16.9. The largest absolute Gasteiger partial charge is 0.493 e. The summed E-state index contributed by atoms with van der Waals surface area (Å²) in [6.07, 6.45) is 2.56. The van der Waals surface area contributed by atoms with Gasteiger partial charge in [0.05, 0.1) is 13.7 Å². The number of para-hydroxylation sites is 2. The highest BCUT2D eigenvalue weighted by Crippen LogP contribution is 2.27. The van der Waals surface area contributed by atoms with Crippen molar-refractivity contribution in [3.63, 3.8) is 0 Å². The molecule has 0 atom stereocenters. The number of hydrogen-bond acceptors (Lipinski definition) is 4. The van der Waals surface area contributed by atoms with Crippen molar-refractivity contribution in [2.75, 3.05) is 7.11 Å². The van der Waals surface area contributed by atoms with Gasteiger partial charge in [-0.15, -0.1) is 0 Å². The molecule has 2 aromatic rings. The Hall–Kier alpha value is -1.94. The Morgan fingerprint density at radius 3 is 2.71 bits per heavy atom. The zero-order valence-electron chi connectivity index (χ0n) is 12.5. The van der Waals surface area contributed by atoms with Gasteiger partial charge in [-0.3, -0.25) is 0 Å². The number of rotatable bonds is 7. The van der Waals surface area contributed by atoms with Crippen LogP contribution >= 0.6 is 0 Å². The summed E-state index contributed by atoms with van der Waals surface area (Å²) in [5.41, 5.74) is 1.17. The molecule has 1 aliphatic rings. The highest BCUT2D eigenvalue weighted by molar-refractivity contribution is 5.39. The van der Waals surface area contributed by atoms with Crippen LogP contribution in [0.5, 0.6) is 11.5 Å². The molecule has 0 unspecified atom stereocenters. The van der Waals surface area contributed by atoms with E-state index in [9.17, 15) is 0 Å². The summed E-state index contributed by atoms with van der Waals surface area (Å²) >= 11 is 0. The topological polar surface area (TPSA) is 43.6 Å². The van der Waals surface area contributed by atoms with Crippen LogP contribution in [-0.2, 0) is 13.2 Å². The quantitative estimate of drug-likeness (QED) is 0.847. The highest BCUT2D eigenvalue weighted by atomic mass is 16.5. The maximum Gasteiger partial charge on any atom is 0.161 e. The second-order valence-electron chi connectivity index (χ2n) is 5.41. The normalized spacial score (nSPS) is 14.2. The molecule has 0 bridgehead atoms. The number of aryl methyl sites for hydroxylation is 1. The maximum absolute atomic E-state index is 5.86. The zero-order valence-corrected chi connectivity index (χ0v) is 12.5. The first-order valence-electron chi connectivity index (χ1n) is 7.33. The number of furan rings is 1. The molecule has 3 rings (SSSR count). The van der Waals surface area contributed by atoms with Crippen molar-refractivity contribution in [3.8, 4) is 11.5 Å². The van der Waals surface area contributed by atoms with Crippen LogP contribution in [0.2, 0.25) is 0 Å². The van der Waals surface area contributed by atoms with Crippen molar-refractivity contribution in [2.24, 2.45) is 0 Å². The fourth-order valence-corrected chi connectivity index (χ4v) is 2.25. The first kappa shape index (κ1) is 14.0. The summed E-state index contributed by atoms with van der Waals surface area (Å²) in [7, 11) is 1.64. The van der Waals surface area contributed by atoms with Gasteiger partial charge in [0.25, 0.3) is 0 Å². The minimum Gasteiger partial charge on any atom is -0.493 e. The van der Waals surface area contributed by atoms with E-state index in [1.54, 1.807) is 7.11 Å². The highest BCUT2D eigenvalue weighted by Gasteiger charge is 2.21. The molecular formula is C17H21NO3. The van der Waals surface area contributed by atoms with Crippen LogP contribution in [0, 0.1) is 6.92 Å². The molecule has 1 saturated carbocycles. The van der Waals surface area contributed by atoms with E-state index in [0.717, 1.165) is 29.6 Å². The molecule has 1 aromatic heterocycles. The number of methoxy groups -OCH3 is 1. The monoisotopic (exact) mass is 287 g/mol. The van der Waals surface area contributed by atoms with Crippen molar-refractivity contribution in [2.45, 2.75) is 39.0 Å². The number of nitrogens with one attached hydrogen (secondary N) is 1. The number of ether oxygens (including phenoxy) is 2. The third kappa shape index (κ3) is 3.58. The fraction of sp³-hybridized carbons (Fsp3) is 0.412. The van der Waals surface area contributed by atoms with Gasteiger partial charge < -0.3 is 19.2 Å². The third-order valence-electron chi connectivity index (χ3n) is 3.64. The fourth-order valence-electron chi connectivity index (χ4n) is 2.25. The van der Waals surface area contributed by atoms with E-state index >= 15 is 0 Å². The first-order valence-corrected chi connectivity index (χ1v) is 7.33. The average molecular weight is 287 g/mol. The molecule has 0 spiro atoms. The van der Waals surface area contributed by atoms with Crippen LogP contribution in [-0.4, -0.2) is 13.2 Å². The smallest absolute Gasteiger partial charge is 0.161 e. The lowest BCUT2D eigenvalue weighted by atomic mass is 10.2. The Morgan fingerprint density at radius 2 is 2.00 bits per heavy atom. The summed E-state index contributed by atoms with van der Waals surface area (Å²) in [5.74, 6) is 3.30. The SMILES string of the molecule is COc1ccccc1OCc1cc(C)c(CNC2CC2)o1. The first-order chi connectivity index (χ1) is 10.3. The van der Waals surface area contributed by atoms with E-state index < -0.39 is 0 Å². The van der Waals surface area contributed by atoms with E-state index in [1.165, 1.54) is 18.4 Å². The Morgan fingerprint density at radius 1 is 1.24 bits per heavy atom. The van der Waals surface area contributed by atoms with Crippen molar-refractivity contribution in [1.82, 2.24) is 5.32 Å². The minimum absolute atomic E-state index is 0.407. The number of hydrogen-bond donors (Lipinski definition) is 1. The minimum atomic E-state index is 0.407. The van der Waals surface area contributed by atoms with E-state index in [1.807, 2.05) is 30.3 Å². The van der Waals surface area contributed by atoms with Crippen LogP contribution in [0.15, 0.2) is 34.7 Å². The molecular weight excluding hydrogens is 266 g/mol. The van der Waals surface area contributed by atoms with Crippen LogP contribution in [0.1, 0.15) is 29.9 Å². The molecule has 0 saturated heterocycles. The van der Waals surface area contributed by atoms with E-state index in [2.05, 4.69) is 12.2 Å². The van der Waals surface area contributed by atoms with Gasteiger partial charge in [0.2, 0.25) is 0 Å². The van der Waals surface area contributed by atoms with Gasteiger partial charge in [-0.1, -0.05) is 12.1 Å². The number of benzene rings is 1. The Bertz CT molecular complexity index is 602. The maximum atomic E-state index is 5.86. The Kier molecular flexibility index (Phi) is 4.15. The molecule has 4 nitrogen and oxygen atoms in total. The van der Waals surface area contributed by atoms with Crippen LogP contribution in [0.25, 0.3) is 0 Å². The summed E-state index contributed by atoms with van der Waals surface area (Å²) in [6.45, 7) is 3.27. The van der Waals surface area contributed by atoms with Crippen molar-refractivity contribution >= 4 is 0 Å². The summed E-state index contributed by atoms with van der Waals surface area (Å²) in [4.78, 5) is 0. The zero-order chi connectivity index (χ0) is 14.7. The molecule has 21 heavy (non-hydrogen) atoms. The Labute approximate surface area is 125 Å². The molecule has 4 heteroatoms. The second kappa shape index (κ2) is 6.22. The predicted molar refractivity (Wildman–Crippen MR) is 80.6 cm³/mol. The van der Waals surface area contributed by atoms with Crippen LogP contribution in [0.4, 0.5) is 0 Å². The molecule has 1 aromatic carbocycles. The van der Waals surface area contributed by atoms with Crippen LogP contribution < -0.4 is 14.8 Å². The van der Waals surface area contributed by atoms with Gasteiger partial charge in [-0.05, 0) is 43.5 Å². The third-order valence-corrected chi connectivity index (χ3v) is 3.64. The van der Waals surface area contributed by atoms with E-state index in [-0.39, 0.29) is 0 Å². The van der Waals surface area contributed by atoms with Gasteiger partial charge >= 0.3 is 0 Å². The van der Waals surface area contributed by atoms with Crippen molar-refractivity contribution in [1.29, 1.82) is 0 Å². The average Bonchev–Trinajstić information content (AvgIpc) is 3.27. The van der Waals surface area contributed by atoms with Gasteiger partial charge in [-0.2, -0.15) is 0 Å². The molecule has 0 radical (unpaired) electrons. The van der Waals surface area contributed by atoms with Crippen molar-refractivity contribution in [3.05, 3.63) is 47.4 Å². The van der Waals surface area contributed by atoms with Gasteiger partial charge in [-0.25, -0.2) is 0 Å². The lowest BCUT2D eigenvalue weighted by molar-refractivity contribution is 0.252. The second-order valence-corrected chi connectivity index (χ2v) is 5.41. The molecule has 112 valence electrons. The van der Waals surface area contributed by atoms with Crippen LogP contribution in [0.3, 0.4) is 0 Å². The van der Waals surface area contributed by atoms with Gasteiger partial charge in [0, 0.05) is 6.04 Å². The molecule has 0 amide bonds. The van der Waals surface area contributed by atoms with E-state index in [4.69, 9.17) is 13.9 Å². The lowest BCUT2D eigenvalue weighted by Gasteiger charge is -2.08. The Balaban J connectivity index is 1.60. The van der Waals surface area contributed by atoms with Gasteiger partial charge in [0.1, 0.15) is 18.1 Å². The van der Waals surface area contributed by atoms with Crippen molar-refractivity contribution < 1.29 is 13.9 Å². The summed E-state index contributed by atoms with van der Waals surface area (Å²) in [6, 6.07) is 10.3. The lowest BCUT2D eigenvalue weighted by Crippen LogP contribution is -2.15. The summed E-state index contributed by atoms with van der Waals surface area (Å²) in [5, 5.41) is 3.46. The molecule has 1 aliphatic carbocycles. The van der Waals surface area contributed by atoms with Gasteiger partial charge in [0.15, 0.2) is 11.5 Å². The molecule has 1 N–H and O–H groups in total.